The maximum absolute atomic E-state index is 2.60. The first kappa shape index (κ1) is 28.6. The lowest BCUT2D eigenvalue weighted by Crippen LogP contribution is -2.60. The molecule has 0 N–H and O–H groups in total. The first-order valence-electron chi connectivity index (χ1n) is 18.2. The molecular formula is C48H31BN2S. The Morgan fingerprint density at radius 3 is 1.65 bits per heavy atom. The molecule has 2 nitrogen and oxygen atoms in total. The van der Waals surface area contributed by atoms with Crippen molar-refractivity contribution < 1.29 is 0 Å². The van der Waals surface area contributed by atoms with Gasteiger partial charge >= 0.3 is 0 Å². The Kier molecular flexibility index (Phi) is 5.63. The van der Waals surface area contributed by atoms with Gasteiger partial charge in [0.25, 0.3) is 6.71 Å². The maximum atomic E-state index is 2.60. The molecule has 12 rings (SSSR count). The summed E-state index contributed by atoms with van der Waals surface area (Å²) in [5.74, 6) is 0. The van der Waals surface area contributed by atoms with Crippen LogP contribution in [0.25, 0.3) is 22.3 Å². The lowest BCUT2D eigenvalue weighted by molar-refractivity contribution is 0.811. The van der Waals surface area contributed by atoms with Crippen LogP contribution in [0.15, 0.2) is 170 Å². The van der Waals surface area contributed by atoms with Crippen molar-refractivity contribution in [3.63, 3.8) is 0 Å². The maximum Gasteiger partial charge on any atom is 0.264 e. The van der Waals surface area contributed by atoms with Crippen molar-refractivity contribution in [1.29, 1.82) is 0 Å². The third-order valence-corrected chi connectivity index (χ3v) is 13.2. The van der Waals surface area contributed by atoms with Gasteiger partial charge in [0.2, 0.25) is 0 Å². The van der Waals surface area contributed by atoms with Crippen LogP contribution in [-0.2, 0) is 5.41 Å². The molecule has 52 heavy (non-hydrogen) atoms. The SMILES string of the molecule is Cc1cc2c3c(c1)N(c1ccccc1)c1c(sc4c1-c1ccccc1C41c4ccccc4-c4ccccc41)B3c1ccccc1N2c1ccccc1. The highest BCUT2D eigenvalue weighted by molar-refractivity contribution is 7.30. The quantitative estimate of drug-likeness (QED) is 0.168. The Labute approximate surface area is 308 Å². The van der Waals surface area contributed by atoms with E-state index in [1.165, 1.54) is 99.2 Å². The summed E-state index contributed by atoms with van der Waals surface area (Å²) >= 11 is 2.05. The predicted octanol–water partition coefficient (Wildman–Crippen LogP) is 10.5. The normalized spacial score (nSPS) is 14.7. The summed E-state index contributed by atoms with van der Waals surface area (Å²) < 4.78 is 1.42. The molecule has 1 spiro atoms. The number of fused-ring (bicyclic) bond motifs is 15. The van der Waals surface area contributed by atoms with Crippen molar-refractivity contribution in [2.75, 3.05) is 9.80 Å². The second-order valence-corrected chi connectivity index (χ2v) is 15.5. The number of thiophene rings is 1. The molecule has 0 unspecified atom stereocenters. The standard InChI is InChI=1S/C48H31BN2S/c1-30-28-41-44-42(29-30)51(32-18-6-3-7-19-32)45-43-35-22-10-13-25-38(35)48(36-23-11-8-20-33(36)34-21-9-12-24-37(34)48)46(43)52-47(45)49(44)39-26-14-15-27-40(39)50(41)31-16-4-2-5-17-31/h2-29H,1H3. The summed E-state index contributed by atoms with van der Waals surface area (Å²) in [5, 5.41) is 0. The number of benzene rings is 7. The molecule has 0 saturated carbocycles. The summed E-state index contributed by atoms with van der Waals surface area (Å²) in [5.41, 5.74) is 20.6. The Morgan fingerprint density at radius 2 is 1.00 bits per heavy atom. The van der Waals surface area contributed by atoms with Crippen molar-refractivity contribution >= 4 is 67.9 Å². The third kappa shape index (κ3) is 3.41. The summed E-state index contributed by atoms with van der Waals surface area (Å²) in [7, 11) is 0. The van der Waals surface area contributed by atoms with E-state index in [-0.39, 0.29) is 6.71 Å². The van der Waals surface area contributed by atoms with Crippen LogP contribution in [0.3, 0.4) is 0 Å². The van der Waals surface area contributed by atoms with Crippen molar-refractivity contribution in [2.24, 2.45) is 0 Å². The zero-order chi connectivity index (χ0) is 34.1. The van der Waals surface area contributed by atoms with Crippen LogP contribution < -0.4 is 25.5 Å². The van der Waals surface area contributed by atoms with Crippen molar-refractivity contribution in [3.05, 3.63) is 197 Å². The Balaban J connectivity index is 1.25. The van der Waals surface area contributed by atoms with Gasteiger partial charge in [0.1, 0.15) is 0 Å². The summed E-state index contributed by atoms with van der Waals surface area (Å²) in [6.45, 7) is 2.34. The molecule has 2 aliphatic carbocycles. The van der Waals surface area contributed by atoms with Gasteiger partial charge in [0.15, 0.2) is 0 Å². The van der Waals surface area contributed by atoms with Gasteiger partial charge in [-0.1, -0.05) is 127 Å². The van der Waals surface area contributed by atoms with E-state index in [9.17, 15) is 0 Å². The van der Waals surface area contributed by atoms with Crippen LogP contribution in [0, 0.1) is 6.92 Å². The monoisotopic (exact) mass is 678 g/mol. The van der Waals surface area contributed by atoms with Crippen LogP contribution in [0.4, 0.5) is 34.1 Å². The van der Waals surface area contributed by atoms with Crippen LogP contribution in [0.2, 0.25) is 0 Å². The average molecular weight is 679 g/mol. The Morgan fingerprint density at radius 1 is 0.500 bits per heavy atom. The van der Waals surface area contributed by atoms with E-state index in [0.717, 1.165) is 0 Å². The lowest BCUT2D eigenvalue weighted by Gasteiger charge is -2.43. The molecule has 3 heterocycles. The molecule has 8 aromatic rings. The third-order valence-electron chi connectivity index (χ3n) is 11.9. The summed E-state index contributed by atoms with van der Waals surface area (Å²) in [6.07, 6.45) is 0. The molecule has 0 bridgehead atoms. The molecule has 2 aliphatic heterocycles. The lowest BCUT2D eigenvalue weighted by atomic mass is 9.36. The highest BCUT2D eigenvalue weighted by Gasteiger charge is 2.56. The Bertz CT molecular complexity index is 2740. The minimum Gasteiger partial charge on any atom is -0.311 e. The van der Waals surface area contributed by atoms with Crippen LogP contribution in [0.1, 0.15) is 27.1 Å². The second-order valence-electron chi connectivity index (χ2n) is 14.5. The van der Waals surface area contributed by atoms with E-state index in [0.29, 0.717) is 0 Å². The minimum atomic E-state index is -0.390. The molecule has 4 aliphatic rings. The number of nitrogens with zero attached hydrogens (tertiary/aromatic N) is 2. The molecular weight excluding hydrogens is 647 g/mol. The van der Waals surface area contributed by atoms with Gasteiger partial charge in [0, 0.05) is 43.7 Å². The van der Waals surface area contributed by atoms with Crippen LogP contribution in [-0.4, -0.2) is 6.71 Å². The predicted molar refractivity (Wildman–Crippen MR) is 219 cm³/mol. The fourth-order valence-corrected chi connectivity index (χ4v) is 11.7. The van der Waals surface area contributed by atoms with Crippen LogP contribution >= 0.6 is 11.3 Å². The number of anilines is 6. The van der Waals surface area contributed by atoms with E-state index in [2.05, 4.69) is 187 Å². The van der Waals surface area contributed by atoms with Gasteiger partial charge < -0.3 is 9.80 Å². The molecule has 0 amide bonds. The molecule has 4 heteroatoms. The second kappa shape index (κ2) is 10.2. The highest BCUT2D eigenvalue weighted by atomic mass is 32.1. The van der Waals surface area contributed by atoms with Crippen molar-refractivity contribution in [3.8, 4) is 22.3 Å². The largest absolute Gasteiger partial charge is 0.311 e. The smallest absolute Gasteiger partial charge is 0.264 e. The van der Waals surface area contributed by atoms with E-state index >= 15 is 0 Å². The summed E-state index contributed by atoms with van der Waals surface area (Å²) in [6, 6.07) is 63.4. The Hall–Kier alpha value is -6.10. The van der Waals surface area contributed by atoms with Gasteiger partial charge in [-0.15, -0.1) is 11.3 Å². The molecule has 0 fully saturated rings. The number of rotatable bonds is 2. The van der Waals surface area contributed by atoms with E-state index in [4.69, 9.17) is 0 Å². The molecule has 0 saturated heterocycles. The zero-order valence-electron chi connectivity index (χ0n) is 28.5. The fraction of sp³-hybridized carbons (Fsp3) is 0.0417. The number of para-hydroxylation sites is 3. The number of aryl methyl sites for hydroxylation is 1. The molecule has 242 valence electrons. The highest BCUT2D eigenvalue weighted by Crippen LogP contribution is 2.66. The topological polar surface area (TPSA) is 6.48 Å². The van der Waals surface area contributed by atoms with E-state index < -0.39 is 5.41 Å². The van der Waals surface area contributed by atoms with Crippen LogP contribution in [0.5, 0.6) is 0 Å². The molecule has 0 radical (unpaired) electrons. The van der Waals surface area contributed by atoms with Gasteiger partial charge in [-0.25, -0.2) is 0 Å². The number of hydrogen-bond acceptors (Lipinski definition) is 3. The zero-order valence-corrected chi connectivity index (χ0v) is 29.4. The van der Waals surface area contributed by atoms with Gasteiger partial charge in [-0.05, 0) is 99.3 Å². The average Bonchev–Trinajstić information content (AvgIpc) is 3.82. The summed E-state index contributed by atoms with van der Waals surface area (Å²) in [4.78, 5) is 6.53. The molecule has 7 aromatic carbocycles. The minimum absolute atomic E-state index is 0.0865. The van der Waals surface area contributed by atoms with E-state index in [1.807, 2.05) is 11.3 Å². The van der Waals surface area contributed by atoms with E-state index in [1.54, 1.807) is 0 Å². The van der Waals surface area contributed by atoms with Crippen molar-refractivity contribution in [2.45, 2.75) is 12.3 Å². The molecule has 0 atom stereocenters. The van der Waals surface area contributed by atoms with Gasteiger partial charge in [-0.3, -0.25) is 0 Å². The number of hydrogen-bond donors (Lipinski definition) is 0. The first-order chi connectivity index (χ1) is 25.7. The van der Waals surface area contributed by atoms with Crippen molar-refractivity contribution in [1.82, 2.24) is 0 Å². The fourth-order valence-electron chi connectivity index (χ4n) is 10.0. The molecule has 1 aromatic heterocycles. The van der Waals surface area contributed by atoms with Gasteiger partial charge in [-0.2, -0.15) is 0 Å². The first-order valence-corrected chi connectivity index (χ1v) is 19.0. The van der Waals surface area contributed by atoms with Gasteiger partial charge in [0.05, 0.1) is 11.1 Å².